The van der Waals surface area contributed by atoms with E-state index in [0.717, 1.165) is 5.82 Å². The standard InChI is InChI=1S/C14H17BrN4/c1-9(14-16-8-17-19-14)18-11-6-10(7-11)12-4-2-3-5-13(12)15/h2-5,8-11,18H,6-7H2,1H3,(H,16,17,19). The van der Waals surface area contributed by atoms with Crippen molar-refractivity contribution in [2.45, 2.75) is 37.8 Å². The van der Waals surface area contributed by atoms with Gasteiger partial charge in [-0.15, -0.1) is 0 Å². The predicted octanol–water partition coefficient (Wildman–Crippen LogP) is 3.16. The molecule has 1 fully saturated rings. The molecule has 2 aromatic rings. The molecule has 2 N–H and O–H groups in total. The third-order valence-corrected chi connectivity index (χ3v) is 4.53. The smallest absolute Gasteiger partial charge is 0.141 e. The Morgan fingerprint density at radius 1 is 1.37 bits per heavy atom. The van der Waals surface area contributed by atoms with E-state index in [4.69, 9.17) is 0 Å². The highest BCUT2D eigenvalue weighted by atomic mass is 79.9. The summed E-state index contributed by atoms with van der Waals surface area (Å²) in [5.74, 6) is 1.57. The van der Waals surface area contributed by atoms with Gasteiger partial charge in [0.15, 0.2) is 0 Å². The SMILES string of the molecule is CC(NC1CC(c2ccccc2Br)C1)c1ncn[nH]1. The van der Waals surface area contributed by atoms with Crippen molar-refractivity contribution in [3.63, 3.8) is 0 Å². The molecule has 0 radical (unpaired) electrons. The second kappa shape index (κ2) is 5.43. The van der Waals surface area contributed by atoms with Crippen LogP contribution in [-0.4, -0.2) is 21.2 Å². The first-order valence-electron chi connectivity index (χ1n) is 6.59. The van der Waals surface area contributed by atoms with Gasteiger partial charge >= 0.3 is 0 Å². The van der Waals surface area contributed by atoms with E-state index in [2.05, 4.69) is 67.6 Å². The fourth-order valence-corrected chi connectivity index (χ4v) is 3.28. The van der Waals surface area contributed by atoms with E-state index in [1.807, 2.05) is 0 Å². The topological polar surface area (TPSA) is 53.6 Å². The van der Waals surface area contributed by atoms with Crippen molar-refractivity contribution in [3.8, 4) is 0 Å². The molecule has 5 heteroatoms. The summed E-state index contributed by atoms with van der Waals surface area (Å²) in [6, 6.07) is 9.30. The average Bonchev–Trinajstić information content (AvgIpc) is 2.88. The van der Waals surface area contributed by atoms with Gasteiger partial charge in [-0.25, -0.2) is 4.98 Å². The Hall–Kier alpha value is -1.20. The van der Waals surface area contributed by atoms with E-state index in [0.29, 0.717) is 12.0 Å². The van der Waals surface area contributed by atoms with Crippen LogP contribution in [0.5, 0.6) is 0 Å². The van der Waals surface area contributed by atoms with Gasteiger partial charge in [-0.05, 0) is 37.3 Å². The number of nitrogens with one attached hydrogen (secondary N) is 2. The summed E-state index contributed by atoms with van der Waals surface area (Å²) in [6.45, 7) is 2.12. The van der Waals surface area contributed by atoms with Gasteiger partial charge in [-0.2, -0.15) is 5.10 Å². The van der Waals surface area contributed by atoms with Gasteiger partial charge in [0, 0.05) is 10.5 Å². The van der Waals surface area contributed by atoms with Gasteiger partial charge in [0.2, 0.25) is 0 Å². The van der Waals surface area contributed by atoms with Crippen molar-refractivity contribution in [2.24, 2.45) is 0 Å². The van der Waals surface area contributed by atoms with E-state index in [-0.39, 0.29) is 6.04 Å². The molecule has 19 heavy (non-hydrogen) atoms. The van der Waals surface area contributed by atoms with Crippen molar-refractivity contribution >= 4 is 15.9 Å². The van der Waals surface area contributed by atoms with Crippen molar-refractivity contribution in [1.29, 1.82) is 0 Å². The number of hydrogen-bond donors (Lipinski definition) is 2. The Bertz CT molecular complexity index is 534. The fourth-order valence-electron chi connectivity index (χ4n) is 2.67. The van der Waals surface area contributed by atoms with Crippen LogP contribution in [0.2, 0.25) is 0 Å². The number of rotatable bonds is 4. The van der Waals surface area contributed by atoms with E-state index < -0.39 is 0 Å². The number of aromatic nitrogens is 3. The molecule has 1 aliphatic rings. The van der Waals surface area contributed by atoms with Gasteiger partial charge < -0.3 is 5.32 Å². The monoisotopic (exact) mass is 320 g/mol. The molecule has 0 amide bonds. The molecular formula is C14H17BrN4. The van der Waals surface area contributed by atoms with Crippen LogP contribution in [0, 0.1) is 0 Å². The zero-order valence-electron chi connectivity index (χ0n) is 10.8. The van der Waals surface area contributed by atoms with Crippen molar-refractivity contribution in [2.75, 3.05) is 0 Å². The molecule has 1 aliphatic carbocycles. The Kier molecular flexibility index (Phi) is 3.66. The predicted molar refractivity (Wildman–Crippen MR) is 77.8 cm³/mol. The van der Waals surface area contributed by atoms with E-state index in [1.165, 1.54) is 22.9 Å². The molecule has 0 aliphatic heterocycles. The van der Waals surface area contributed by atoms with Crippen LogP contribution < -0.4 is 5.32 Å². The quantitative estimate of drug-likeness (QED) is 0.909. The number of H-pyrrole nitrogens is 1. The summed E-state index contributed by atoms with van der Waals surface area (Å²) >= 11 is 3.63. The highest BCUT2D eigenvalue weighted by molar-refractivity contribution is 9.10. The number of aromatic amines is 1. The van der Waals surface area contributed by atoms with Crippen molar-refractivity contribution < 1.29 is 0 Å². The minimum Gasteiger partial charge on any atom is -0.305 e. The molecule has 1 saturated carbocycles. The largest absolute Gasteiger partial charge is 0.305 e. The van der Waals surface area contributed by atoms with Crippen LogP contribution >= 0.6 is 15.9 Å². The van der Waals surface area contributed by atoms with Crippen LogP contribution in [0.25, 0.3) is 0 Å². The molecule has 0 bridgehead atoms. The number of nitrogens with zero attached hydrogens (tertiary/aromatic N) is 2. The van der Waals surface area contributed by atoms with Gasteiger partial charge in [-0.1, -0.05) is 34.1 Å². The zero-order valence-corrected chi connectivity index (χ0v) is 12.4. The lowest BCUT2D eigenvalue weighted by atomic mass is 9.75. The number of hydrogen-bond acceptors (Lipinski definition) is 3. The summed E-state index contributed by atoms with van der Waals surface area (Å²) in [5, 5.41) is 10.4. The Morgan fingerprint density at radius 3 is 2.84 bits per heavy atom. The molecule has 3 rings (SSSR count). The molecule has 1 aromatic carbocycles. The summed E-state index contributed by atoms with van der Waals surface area (Å²) in [6.07, 6.45) is 3.92. The van der Waals surface area contributed by atoms with Crippen LogP contribution in [0.15, 0.2) is 35.1 Å². The van der Waals surface area contributed by atoms with E-state index >= 15 is 0 Å². The van der Waals surface area contributed by atoms with Crippen molar-refractivity contribution in [3.05, 3.63) is 46.5 Å². The Labute approximate surface area is 121 Å². The normalized spacial score (nSPS) is 23.9. The van der Waals surface area contributed by atoms with E-state index in [1.54, 1.807) is 6.33 Å². The molecule has 1 unspecified atom stereocenters. The molecule has 1 aromatic heterocycles. The fraction of sp³-hybridized carbons (Fsp3) is 0.429. The minimum absolute atomic E-state index is 0.229. The second-order valence-electron chi connectivity index (χ2n) is 5.15. The molecular weight excluding hydrogens is 304 g/mol. The number of benzene rings is 1. The van der Waals surface area contributed by atoms with Gasteiger partial charge in [0.05, 0.1) is 6.04 Å². The maximum atomic E-state index is 4.18. The Balaban J connectivity index is 1.55. The number of halogens is 1. The lowest BCUT2D eigenvalue weighted by Gasteiger charge is -2.38. The van der Waals surface area contributed by atoms with Gasteiger partial charge in [-0.3, -0.25) is 5.10 Å². The van der Waals surface area contributed by atoms with Crippen LogP contribution in [0.1, 0.15) is 43.1 Å². The highest BCUT2D eigenvalue weighted by Crippen LogP contribution is 2.40. The van der Waals surface area contributed by atoms with Crippen LogP contribution in [-0.2, 0) is 0 Å². The molecule has 0 spiro atoms. The summed E-state index contributed by atoms with van der Waals surface area (Å²) in [5.41, 5.74) is 1.42. The maximum Gasteiger partial charge on any atom is 0.141 e. The highest BCUT2D eigenvalue weighted by Gasteiger charge is 2.32. The summed E-state index contributed by atoms with van der Waals surface area (Å²) in [7, 11) is 0. The van der Waals surface area contributed by atoms with Crippen LogP contribution in [0.3, 0.4) is 0 Å². The van der Waals surface area contributed by atoms with Gasteiger partial charge in [0.25, 0.3) is 0 Å². The average molecular weight is 321 g/mol. The minimum atomic E-state index is 0.229. The Morgan fingerprint density at radius 2 is 2.16 bits per heavy atom. The van der Waals surface area contributed by atoms with Crippen LogP contribution in [0.4, 0.5) is 0 Å². The lowest BCUT2D eigenvalue weighted by Crippen LogP contribution is -2.41. The molecule has 1 atom stereocenters. The maximum absolute atomic E-state index is 4.18. The van der Waals surface area contributed by atoms with E-state index in [9.17, 15) is 0 Å². The first kappa shape index (κ1) is 12.8. The third-order valence-electron chi connectivity index (χ3n) is 3.81. The first-order valence-corrected chi connectivity index (χ1v) is 7.39. The third kappa shape index (κ3) is 2.72. The zero-order chi connectivity index (χ0) is 13.2. The molecule has 1 heterocycles. The second-order valence-corrected chi connectivity index (χ2v) is 6.00. The molecule has 4 nitrogen and oxygen atoms in total. The summed E-state index contributed by atoms with van der Waals surface area (Å²) in [4.78, 5) is 4.18. The summed E-state index contributed by atoms with van der Waals surface area (Å²) < 4.78 is 1.22. The first-order chi connectivity index (χ1) is 9.24. The van der Waals surface area contributed by atoms with Gasteiger partial charge in [0.1, 0.15) is 12.2 Å². The molecule has 0 saturated heterocycles. The van der Waals surface area contributed by atoms with Crippen molar-refractivity contribution in [1.82, 2.24) is 20.5 Å². The molecule has 100 valence electrons. The lowest BCUT2D eigenvalue weighted by molar-refractivity contribution is 0.267.